The highest BCUT2D eigenvalue weighted by Gasteiger charge is 2.30. The molecule has 0 atom stereocenters. The Kier molecular flexibility index (Phi) is 3.19. The zero-order chi connectivity index (χ0) is 16.7. The van der Waals surface area contributed by atoms with Crippen molar-refractivity contribution in [2.75, 3.05) is 6.79 Å². The smallest absolute Gasteiger partial charge is 0.416 e. The van der Waals surface area contributed by atoms with Crippen molar-refractivity contribution in [3.05, 3.63) is 54.2 Å². The molecule has 0 bridgehead atoms. The molecule has 0 saturated heterocycles. The van der Waals surface area contributed by atoms with Crippen LogP contribution in [-0.2, 0) is 6.18 Å². The van der Waals surface area contributed by atoms with E-state index in [1.165, 1.54) is 17.1 Å². The van der Waals surface area contributed by atoms with Gasteiger partial charge in [0.1, 0.15) is 5.69 Å². The molecule has 0 spiro atoms. The van der Waals surface area contributed by atoms with E-state index in [2.05, 4.69) is 10.2 Å². The quantitative estimate of drug-likeness (QED) is 0.718. The van der Waals surface area contributed by atoms with Crippen molar-refractivity contribution >= 4 is 0 Å². The molecule has 0 radical (unpaired) electrons. The first kappa shape index (κ1) is 14.6. The van der Waals surface area contributed by atoms with Gasteiger partial charge in [0, 0.05) is 11.6 Å². The van der Waals surface area contributed by atoms with Crippen LogP contribution in [0.2, 0.25) is 0 Å². The van der Waals surface area contributed by atoms with Gasteiger partial charge in [0.2, 0.25) is 6.79 Å². The molecule has 24 heavy (non-hydrogen) atoms. The molecule has 2 aromatic carbocycles. The number of nitrogens with zero attached hydrogens (tertiary/aromatic N) is 3. The van der Waals surface area contributed by atoms with Crippen LogP contribution in [0.3, 0.4) is 0 Å². The third-order valence-electron chi connectivity index (χ3n) is 3.56. The largest absolute Gasteiger partial charge is 0.454 e. The van der Waals surface area contributed by atoms with Gasteiger partial charge in [-0.3, -0.25) is 0 Å². The van der Waals surface area contributed by atoms with Crippen LogP contribution in [0.25, 0.3) is 16.9 Å². The molecule has 2 heterocycles. The number of benzene rings is 2. The summed E-state index contributed by atoms with van der Waals surface area (Å²) in [6.45, 7) is 0.154. The maximum Gasteiger partial charge on any atom is 0.416 e. The first-order valence-corrected chi connectivity index (χ1v) is 7.01. The topological polar surface area (TPSA) is 49.2 Å². The highest BCUT2D eigenvalue weighted by molar-refractivity contribution is 5.59. The minimum atomic E-state index is -4.40. The molecule has 0 fully saturated rings. The van der Waals surface area contributed by atoms with Crippen LogP contribution in [0.15, 0.2) is 48.7 Å². The minimum absolute atomic E-state index is 0.154. The molecule has 0 saturated carbocycles. The fourth-order valence-electron chi connectivity index (χ4n) is 2.38. The predicted octanol–water partition coefficient (Wildman–Crippen LogP) is 3.68. The SMILES string of the molecule is FC(F)(F)c1cccc(-c2cnn(-c3ccc4c(c3)OCO4)n2)c1. The van der Waals surface area contributed by atoms with Crippen molar-refractivity contribution in [3.63, 3.8) is 0 Å². The molecule has 1 aliphatic heterocycles. The van der Waals surface area contributed by atoms with E-state index < -0.39 is 11.7 Å². The van der Waals surface area contributed by atoms with E-state index in [-0.39, 0.29) is 6.79 Å². The van der Waals surface area contributed by atoms with Crippen LogP contribution < -0.4 is 9.47 Å². The van der Waals surface area contributed by atoms with Crippen molar-refractivity contribution in [3.8, 4) is 28.4 Å². The fraction of sp³-hybridized carbons (Fsp3) is 0.125. The third kappa shape index (κ3) is 2.55. The second-order valence-electron chi connectivity index (χ2n) is 5.14. The second kappa shape index (κ2) is 5.26. The van der Waals surface area contributed by atoms with Crippen molar-refractivity contribution in [2.24, 2.45) is 0 Å². The van der Waals surface area contributed by atoms with Gasteiger partial charge in [-0.1, -0.05) is 12.1 Å². The molecule has 0 aliphatic carbocycles. The number of alkyl halides is 3. The molecule has 0 unspecified atom stereocenters. The average Bonchev–Trinajstić information content (AvgIpc) is 3.22. The second-order valence-corrected chi connectivity index (χ2v) is 5.14. The van der Waals surface area contributed by atoms with E-state index in [9.17, 15) is 13.2 Å². The number of fused-ring (bicyclic) bond motifs is 1. The summed E-state index contributed by atoms with van der Waals surface area (Å²) in [5.74, 6) is 1.20. The molecule has 1 aromatic heterocycles. The highest BCUT2D eigenvalue weighted by atomic mass is 19.4. The van der Waals surface area contributed by atoms with Gasteiger partial charge in [0.25, 0.3) is 0 Å². The zero-order valence-corrected chi connectivity index (χ0v) is 12.1. The molecular formula is C16H10F3N3O2. The van der Waals surface area contributed by atoms with Crippen LogP contribution in [0, 0.1) is 0 Å². The standard InChI is InChI=1S/C16H10F3N3O2/c17-16(18,19)11-3-1-2-10(6-11)13-8-20-22(21-13)12-4-5-14-15(7-12)24-9-23-14/h1-8H,9H2. The van der Waals surface area contributed by atoms with Crippen molar-refractivity contribution in [1.82, 2.24) is 15.0 Å². The van der Waals surface area contributed by atoms with Crippen LogP contribution in [0.4, 0.5) is 13.2 Å². The van der Waals surface area contributed by atoms with Crippen LogP contribution in [-0.4, -0.2) is 21.8 Å². The first-order valence-electron chi connectivity index (χ1n) is 7.01. The molecule has 1 aliphatic rings. The summed E-state index contributed by atoms with van der Waals surface area (Å²) in [5, 5.41) is 8.35. The van der Waals surface area contributed by atoms with Crippen LogP contribution in [0.5, 0.6) is 11.5 Å². The molecular weight excluding hydrogens is 323 g/mol. The lowest BCUT2D eigenvalue weighted by atomic mass is 10.1. The van der Waals surface area contributed by atoms with Gasteiger partial charge in [-0.05, 0) is 24.3 Å². The summed E-state index contributed by atoms with van der Waals surface area (Å²) in [6.07, 6.45) is -2.98. The number of hydrogen-bond donors (Lipinski definition) is 0. The van der Waals surface area contributed by atoms with Gasteiger partial charge in [-0.15, -0.1) is 5.10 Å². The van der Waals surface area contributed by atoms with Gasteiger partial charge in [0.05, 0.1) is 17.4 Å². The molecule has 4 rings (SSSR count). The normalized spacial score (nSPS) is 13.3. The highest BCUT2D eigenvalue weighted by Crippen LogP contribution is 2.34. The van der Waals surface area contributed by atoms with E-state index in [1.807, 2.05) is 0 Å². The lowest BCUT2D eigenvalue weighted by Crippen LogP contribution is -2.04. The fourth-order valence-corrected chi connectivity index (χ4v) is 2.38. The van der Waals surface area contributed by atoms with Gasteiger partial charge in [-0.2, -0.15) is 23.1 Å². The van der Waals surface area contributed by atoms with E-state index >= 15 is 0 Å². The Morgan fingerprint density at radius 1 is 1.00 bits per heavy atom. The average molecular weight is 333 g/mol. The summed E-state index contributed by atoms with van der Waals surface area (Å²) in [7, 11) is 0. The summed E-state index contributed by atoms with van der Waals surface area (Å²) >= 11 is 0. The monoisotopic (exact) mass is 333 g/mol. The van der Waals surface area contributed by atoms with E-state index in [1.54, 1.807) is 24.3 Å². The summed E-state index contributed by atoms with van der Waals surface area (Å²) in [6, 6.07) is 10.1. The maximum absolute atomic E-state index is 12.8. The minimum Gasteiger partial charge on any atom is -0.454 e. The number of aromatic nitrogens is 3. The van der Waals surface area contributed by atoms with Gasteiger partial charge < -0.3 is 9.47 Å². The van der Waals surface area contributed by atoms with Crippen molar-refractivity contribution in [1.29, 1.82) is 0 Å². The molecule has 8 heteroatoms. The molecule has 0 N–H and O–H groups in total. The lowest BCUT2D eigenvalue weighted by Gasteiger charge is -2.07. The third-order valence-corrected chi connectivity index (χ3v) is 3.56. The predicted molar refractivity (Wildman–Crippen MR) is 77.9 cm³/mol. The number of hydrogen-bond acceptors (Lipinski definition) is 4. The first-order chi connectivity index (χ1) is 11.5. The Labute approximate surface area is 134 Å². The Hall–Kier alpha value is -3.03. The van der Waals surface area contributed by atoms with Crippen molar-refractivity contribution < 1.29 is 22.6 Å². The number of halogens is 3. The van der Waals surface area contributed by atoms with E-state index in [0.717, 1.165) is 12.1 Å². The van der Waals surface area contributed by atoms with E-state index in [0.29, 0.717) is 28.4 Å². The van der Waals surface area contributed by atoms with Gasteiger partial charge in [0.15, 0.2) is 11.5 Å². The lowest BCUT2D eigenvalue weighted by molar-refractivity contribution is -0.137. The number of rotatable bonds is 2. The molecule has 5 nitrogen and oxygen atoms in total. The molecule has 122 valence electrons. The Bertz CT molecular complexity index is 906. The zero-order valence-electron chi connectivity index (χ0n) is 12.1. The Morgan fingerprint density at radius 2 is 1.83 bits per heavy atom. The Morgan fingerprint density at radius 3 is 2.67 bits per heavy atom. The number of ether oxygens (including phenoxy) is 2. The Balaban J connectivity index is 1.68. The van der Waals surface area contributed by atoms with Gasteiger partial charge >= 0.3 is 6.18 Å². The maximum atomic E-state index is 12.8. The molecule has 0 amide bonds. The van der Waals surface area contributed by atoms with Crippen LogP contribution >= 0.6 is 0 Å². The van der Waals surface area contributed by atoms with Crippen molar-refractivity contribution in [2.45, 2.75) is 6.18 Å². The van der Waals surface area contributed by atoms with E-state index in [4.69, 9.17) is 9.47 Å². The van der Waals surface area contributed by atoms with Gasteiger partial charge in [-0.25, -0.2) is 0 Å². The molecule has 3 aromatic rings. The summed E-state index contributed by atoms with van der Waals surface area (Å²) in [5.41, 5.74) is 0.589. The van der Waals surface area contributed by atoms with Crippen LogP contribution in [0.1, 0.15) is 5.56 Å². The summed E-state index contributed by atoms with van der Waals surface area (Å²) in [4.78, 5) is 1.33. The summed E-state index contributed by atoms with van der Waals surface area (Å²) < 4.78 is 49.0.